The van der Waals surface area contributed by atoms with E-state index < -0.39 is 0 Å². The average Bonchev–Trinajstić information content (AvgIpc) is 2.34. The summed E-state index contributed by atoms with van der Waals surface area (Å²) in [5.74, 6) is 1.54. The molecule has 0 aromatic rings. The molecule has 0 spiro atoms. The lowest BCUT2D eigenvalue weighted by Crippen LogP contribution is -2.44. The molecule has 0 aromatic heterocycles. The molecule has 0 atom stereocenters. The topological polar surface area (TPSA) is 20.2 Å². The standard InChI is InChI=1S/C16H30O/c1-4-13-5-7-14(8-6-13)16(17)11-9-15(2,3)10-12-16/h13-14,17H,4-12H2,1-3H3. The summed E-state index contributed by atoms with van der Waals surface area (Å²) in [5, 5.41) is 10.9. The molecule has 100 valence electrons. The molecule has 0 saturated heterocycles. The van der Waals surface area contributed by atoms with E-state index in [2.05, 4.69) is 20.8 Å². The van der Waals surface area contributed by atoms with Crippen LogP contribution in [0.3, 0.4) is 0 Å². The third kappa shape index (κ3) is 3.05. The van der Waals surface area contributed by atoms with Crippen molar-refractivity contribution in [1.29, 1.82) is 0 Å². The molecule has 0 amide bonds. The van der Waals surface area contributed by atoms with Crippen molar-refractivity contribution in [3.8, 4) is 0 Å². The molecule has 2 aliphatic carbocycles. The molecular weight excluding hydrogens is 208 g/mol. The van der Waals surface area contributed by atoms with Gasteiger partial charge in [-0.1, -0.05) is 40.0 Å². The van der Waals surface area contributed by atoms with E-state index in [-0.39, 0.29) is 5.60 Å². The predicted octanol–water partition coefficient (Wildman–Crippen LogP) is 4.53. The van der Waals surface area contributed by atoms with Gasteiger partial charge in [-0.3, -0.25) is 0 Å². The fourth-order valence-electron chi connectivity index (χ4n) is 3.88. The fraction of sp³-hybridized carbons (Fsp3) is 1.00. The highest BCUT2D eigenvalue weighted by Crippen LogP contribution is 2.47. The van der Waals surface area contributed by atoms with E-state index in [1.54, 1.807) is 0 Å². The molecule has 1 nitrogen and oxygen atoms in total. The second-order valence-electron chi connectivity index (χ2n) is 7.39. The van der Waals surface area contributed by atoms with Gasteiger partial charge in [0, 0.05) is 0 Å². The molecule has 1 N–H and O–H groups in total. The van der Waals surface area contributed by atoms with Gasteiger partial charge < -0.3 is 5.11 Å². The van der Waals surface area contributed by atoms with Crippen LogP contribution < -0.4 is 0 Å². The van der Waals surface area contributed by atoms with Gasteiger partial charge in [-0.05, 0) is 55.8 Å². The van der Waals surface area contributed by atoms with Gasteiger partial charge in [0.05, 0.1) is 5.60 Å². The first-order valence-corrected chi connectivity index (χ1v) is 7.67. The smallest absolute Gasteiger partial charge is 0.0676 e. The van der Waals surface area contributed by atoms with Crippen molar-refractivity contribution < 1.29 is 5.11 Å². The minimum absolute atomic E-state index is 0.311. The summed E-state index contributed by atoms with van der Waals surface area (Å²) in [6, 6.07) is 0. The van der Waals surface area contributed by atoms with Gasteiger partial charge in [0.2, 0.25) is 0 Å². The lowest BCUT2D eigenvalue weighted by molar-refractivity contribution is -0.0850. The van der Waals surface area contributed by atoms with Crippen LogP contribution in [-0.4, -0.2) is 10.7 Å². The molecule has 0 bridgehead atoms. The minimum Gasteiger partial charge on any atom is -0.390 e. The first-order chi connectivity index (χ1) is 7.95. The molecule has 0 aromatic carbocycles. The van der Waals surface area contributed by atoms with Crippen LogP contribution in [0.15, 0.2) is 0 Å². The van der Waals surface area contributed by atoms with Gasteiger partial charge in [-0.2, -0.15) is 0 Å². The minimum atomic E-state index is -0.311. The summed E-state index contributed by atoms with van der Waals surface area (Å²) in [6.45, 7) is 7.00. The van der Waals surface area contributed by atoms with Crippen molar-refractivity contribution in [3.63, 3.8) is 0 Å². The summed E-state index contributed by atoms with van der Waals surface area (Å²) in [7, 11) is 0. The maximum Gasteiger partial charge on any atom is 0.0676 e. The van der Waals surface area contributed by atoms with Gasteiger partial charge in [0.1, 0.15) is 0 Å². The predicted molar refractivity (Wildman–Crippen MR) is 72.9 cm³/mol. The van der Waals surface area contributed by atoms with Crippen molar-refractivity contribution in [3.05, 3.63) is 0 Å². The van der Waals surface area contributed by atoms with Crippen LogP contribution in [-0.2, 0) is 0 Å². The number of rotatable bonds is 2. The van der Waals surface area contributed by atoms with Crippen molar-refractivity contribution in [2.45, 2.75) is 84.2 Å². The van der Waals surface area contributed by atoms with Gasteiger partial charge in [-0.15, -0.1) is 0 Å². The van der Waals surface area contributed by atoms with Crippen LogP contribution in [0.25, 0.3) is 0 Å². The Morgan fingerprint density at radius 3 is 1.94 bits per heavy atom. The normalized spacial score (nSPS) is 36.7. The van der Waals surface area contributed by atoms with Gasteiger partial charge in [0.25, 0.3) is 0 Å². The maximum absolute atomic E-state index is 10.9. The largest absolute Gasteiger partial charge is 0.390 e. The van der Waals surface area contributed by atoms with Crippen molar-refractivity contribution >= 4 is 0 Å². The molecule has 2 aliphatic rings. The highest BCUT2D eigenvalue weighted by Gasteiger charge is 2.43. The molecular formula is C16H30O. The zero-order valence-electron chi connectivity index (χ0n) is 12.0. The average molecular weight is 238 g/mol. The van der Waals surface area contributed by atoms with E-state index in [0.29, 0.717) is 11.3 Å². The quantitative estimate of drug-likeness (QED) is 0.749. The highest BCUT2D eigenvalue weighted by atomic mass is 16.3. The third-order valence-electron chi connectivity index (χ3n) is 5.65. The second-order valence-corrected chi connectivity index (χ2v) is 7.39. The Kier molecular flexibility index (Phi) is 3.87. The monoisotopic (exact) mass is 238 g/mol. The zero-order valence-corrected chi connectivity index (χ0v) is 12.0. The van der Waals surface area contributed by atoms with Crippen molar-refractivity contribution in [2.75, 3.05) is 0 Å². The van der Waals surface area contributed by atoms with Crippen LogP contribution in [0, 0.1) is 17.3 Å². The molecule has 17 heavy (non-hydrogen) atoms. The molecule has 0 heterocycles. The van der Waals surface area contributed by atoms with E-state index in [1.807, 2.05) is 0 Å². The Morgan fingerprint density at radius 2 is 1.47 bits per heavy atom. The second kappa shape index (κ2) is 4.91. The van der Waals surface area contributed by atoms with Gasteiger partial charge >= 0.3 is 0 Å². The summed E-state index contributed by atoms with van der Waals surface area (Å²) in [4.78, 5) is 0. The number of hydrogen-bond acceptors (Lipinski definition) is 1. The molecule has 2 fully saturated rings. The lowest BCUT2D eigenvalue weighted by Gasteiger charge is -2.46. The molecule has 0 aliphatic heterocycles. The van der Waals surface area contributed by atoms with Crippen LogP contribution in [0.2, 0.25) is 0 Å². The summed E-state index contributed by atoms with van der Waals surface area (Å²) >= 11 is 0. The zero-order chi connectivity index (χ0) is 12.5. The summed E-state index contributed by atoms with van der Waals surface area (Å²) in [5.41, 5.74) is 0.154. The molecule has 1 heteroatoms. The number of aliphatic hydroxyl groups is 1. The first-order valence-electron chi connectivity index (χ1n) is 7.67. The van der Waals surface area contributed by atoms with E-state index >= 15 is 0 Å². The van der Waals surface area contributed by atoms with Gasteiger partial charge in [0.15, 0.2) is 0 Å². The van der Waals surface area contributed by atoms with E-state index in [1.165, 1.54) is 44.9 Å². The number of hydrogen-bond donors (Lipinski definition) is 1. The summed E-state index contributed by atoms with van der Waals surface area (Å²) < 4.78 is 0. The molecule has 0 radical (unpaired) electrons. The van der Waals surface area contributed by atoms with Crippen LogP contribution >= 0.6 is 0 Å². The Balaban J connectivity index is 1.90. The Labute approximate surface area is 107 Å². The maximum atomic E-state index is 10.9. The molecule has 2 saturated carbocycles. The van der Waals surface area contributed by atoms with Crippen molar-refractivity contribution in [1.82, 2.24) is 0 Å². The SMILES string of the molecule is CCC1CCC(C2(O)CCC(C)(C)CC2)CC1. The molecule has 2 rings (SSSR count). The van der Waals surface area contributed by atoms with E-state index in [9.17, 15) is 5.11 Å². The van der Waals surface area contributed by atoms with Gasteiger partial charge in [-0.25, -0.2) is 0 Å². The van der Waals surface area contributed by atoms with E-state index in [0.717, 1.165) is 18.8 Å². The summed E-state index contributed by atoms with van der Waals surface area (Å²) in [6.07, 6.45) is 11.1. The van der Waals surface area contributed by atoms with Crippen molar-refractivity contribution in [2.24, 2.45) is 17.3 Å². The Bertz CT molecular complexity index is 238. The fourth-order valence-corrected chi connectivity index (χ4v) is 3.88. The Hall–Kier alpha value is -0.0400. The van der Waals surface area contributed by atoms with Crippen LogP contribution in [0.5, 0.6) is 0 Å². The van der Waals surface area contributed by atoms with E-state index in [4.69, 9.17) is 0 Å². The lowest BCUT2D eigenvalue weighted by atomic mass is 9.63. The third-order valence-corrected chi connectivity index (χ3v) is 5.65. The van der Waals surface area contributed by atoms with Crippen LogP contribution in [0.1, 0.15) is 78.6 Å². The molecule has 0 unspecified atom stereocenters. The van der Waals surface area contributed by atoms with Crippen LogP contribution in [0.4, 0.5) is 0 Å². The first kappa shape index (κ1) is 13.4. The highest BCUT2D eigenvalue weighted by molar-refractivity contribution is 4.95. The Morgan fingerprint density at radius 1 is 0.941 bits per heavy atom.